The molecule has 4 atom stereocenters. The number of halogens is 4. The van der Waals surface area contributed by atoms with Gasteiger partial charge >= 0.3 is 0 Å². The van der Waals surface area contributed by atoms with E-state index in [0.717, 1.165) is 35.8 Å². The van der Waals surface area contributed by atoms with Crippen molar-refractivity contribution < 1.29 is 27.9 Å². The molecule has 4 aromatic rings. The van der Waals surface area contributed by atoms with Gasteiger partial charge in [-0.3, -0.25) is 4.90 Å². The Kier molecular flexibility index (Phi) is 6.28. The number of rotatable bonds is 4. The lowest BCUT2D eigenvalue weighted by molar-refractivity contribution is -0.135. The summed E-state index contributed by atoms with van der Waals surface area (Å²) in [6.07, 6.45) is -0.430. The molecule has 6 heterocycles. The van der Waals surface area contributed by atoms with Gasteiger partial charge in [0.2, 0.25) is 0 Å². The van der Waals surface area contributed by atoms with E-state index in [4.69, 9.17) is 26.8 Å². The van der Waals surface area contributed by atoms with Crippen LogP contribution in [-0.4, -0.2) is 57.8 Å². The Hall–Kier alpha value is -3.67. The van der Waals surface area contributed by atoms with Crippen molar-refractivity contribution >= 4 is 43.7 Å². The number of nitrogen functional groups attached to an aromatic ring is 1. The minimum atomic E-state index is -2.12. The van der Waals surface area contributed by atoms with Gasteiger partial charge in [0, 0.05) is 35.8 Å². The van der Waals surface area contributed by atoms with Gasteiger partial charge in [0.15, 0.2) is 11.5 Å². The molecule has 9 nitrogen and oxygen atoms in total. The Morgan fingerprint density at radius 3 is 2.95 bits per heavy atom. The predicted octanol–water partition coefficient (Wildman–Crippen LogP) is 6.55. The second-order valence-corrected chi connectivity index (χ2v) is 13.2. The zero-order valence-electron chi connectivity index (χ0n) is 23.1. The highest BCUT2D eigenvalue weighted by Crippen LogP contribution is 2.54. The van der Waals surface area contributed by atoms with E-state index in [0.29, 0.717) is 29.8 Å². The van der Waals surface area contributed by atoms with Gasteiger partial charge in [0.05, 0.1) is 33.1 Å². The van der Waals surface area contributed by atoms with E-state index >= 15 is 4.39 Å². The van der Waals surface area contributed by atoms with Crippen molar-refractivity contribution in [1.29, 1.82) is 5.26 Å². The Labute approximate surface area is 258 Å². The molecular weight excluding hydrogens is 617 g/mol. The van der Waals surface area contributed by atoms with E-state index in [1.54, 1.807) is 12.1 Å². The fourth-order valence-corrected chi connectivity index (χ4v) is 8.70. The molecule has 2 saturated heterocycles. The van der Waals surface area contributed by atoms with Crippen molar-refractivity contribution in [3.05, 3.63) is 58.1 Å². The molecule has 8 rings (SSSR count). The van der Waals surface area contributed by atoms with Gasteiger partial charge in [0.25, 0.3) is 6.36 Å². The molecule has 0 spiro atoms. The number of benzene rings is 2. The summed E-state index contributed by atoms with van der Waals surface area (Å²) in [5, 5.41) is 25.6. The highest BCUT2D eigenvalue weighted by atomic mass is 35.5. The molecule has 1 unspecified atom stereocenters. The maximum atomic E-state index is 16.6. The fraction of sp³-hybridized carbons (Fsp3) is 0.367. The molecule has 0 radical (unpaired) electrons. The largest absolute Gasteiger partial charge is 0.488 e. The second kappa shape index (κ2) is 9.92. The van der Waals surface area contributed by atoms with Crippen molar-refractivity contribution in [1.82, 2.24) is 14.5 Å². The SMILES string of the molecule is N#Cc1c(N)sc2c(F)ccc(-c3c(Cl)cn4c3C(F)Oc3c(OC[C@@]56CCCN5C[C@H](F)C6)ccc5c3[C@H]4N(O)CN5)c12. The maximum Gasteiger partial charge on any atom is 0.279 e. The van der Waals surface area contributed by atoms with Gasteiger partial charge in [-0.1, -0.05) is 17.7 Å². The normalized spacial score (nSPS) is 26.0. The molecule has 0 saturated carbocycles. The van der Waals surface area contributed by atoms with Crippen molar-refractivity contribution in [2.24, 2.45) is 0 Å². The van der Waals surface area contributed by atoms with Gasteiger partial charge in [-0.05, 0) is 43.1 Å². The molecule has 0 aliphatic carbocycles. The highest BCUT2D eigenvalue weighted by Gasteiger charge is 2.50. The van der Waals surface area contributed by atoms with Crippen LogP contribution in [-0.2, 0) is 0 Å². The Balaban J connectivity index is 1.27. The van der Waals surface area contributed by atoms with Gasteiger partial charge in [-0.25, -0.2) is 8.78 Å². The van der Waals surface area contributed by atoms with Crippen molar-refractivity contribution in [2.45, 2.75) is 43.5 Å². The monoisotopic (exact) mass is 642 g/mol. The summed E-state index contributed by atoms with van der Waals surface area (Å²) in [5.74, 6) is -0.219. The van der Waals surface area contributed by atoms with E-state index in [2.05, 4.69) is 10.2 Å². The lowest BCUT2D eigenvalue weighted by atomic mass is 9.95. The quantitative estimate of drug-likeness (QED) is 0.230. The summed E-state index contributed by atoms with van der Waals surface area (Å²) in [5.41, 5.74) is 7.16. The van der Waals surface area contributed by atoms with Crippen LogP contribution in [0.3, 0.4) is 0 Å². The number of nitrogens with zero attached hydrogens (tertiary/aromatic N) is 4. The summed E-state index contributed by atoms with van der Waals surface area (Å²) in [7, 11) is 0. The van der Waals surface area contributed by atoms with Crippen LogP contribution in [0.2, 0.25) is 5.02 Å². The van der Waals surface area contributed by atoms with Crippen molar-refractivity contribution in [3.63, 3.8) is 0 Å². The van der Waals surface area contributed by atoms with Crippen LogP contribution >= 0.6 is 22.9 Å². The molecule has 14 heteroatoms. The van der Waals surface area contributed by atoms with Crippen LogP contribution in [0.25, 0.3) is 21.2 Å². The minimum absolute atomic E-state index is 0.00916. The third-order valence-electron chi connectivity index (χ3n) is 9.31. The molecule has 228 valence electrons. The van der Waals surface area contributed by atoms with Crippen LogP contribution in [0.5, 0.6) is 11.5 Å². The van der Waals surface area contributed by atoms with Crippen LogP contribution in [0.4, 0.5) is 23.9 Å². The summed E-state index contributed by atoms with van der Waals surface area (Å²) in [4.78, 5) is 2.13. The van der Waals surface area contributed by atoms with Gasteiger partial charge in [0.1, 0.15) is 41.5 Å². The molecule has 4 aliphatic rings. The predicted molar refractivity (Wildman–Crippen MR) is 159 cm³/mol. The average Bonchev–Trinajstić information content (AvgIpc) is 3.70. The second-order valence-electron chi connectivity index (χ2n) is 11.7. The summed E-state index contributed by atoms with van der Waals surface area (Å²) in [6.45, 7) is 1.38. The number of hydrogen-bond donors (Lipinski definition) is 3. The molecule has 4 N–H and O–H groups in total. The van der Waals surface area contributed by atoms with E-state index < -0.39 is 30.1 Å². The van der Waals surface area contributed by atoms with Crippen LogP contribution in [0.1, 0.15) is 48.6 Å². The first-order valence-corrected chi connectivity index (χ1v) is 15.4. The molecule has 0 bridgehead atoms. The maximum absolute atomic E-state index is 16.6. The fourth-order valence-electron chi connectivity index (χ4n) is 7.45. The lowest BCUT2D eigenvalue weighted by Gasteiger charge is -2.35. The van der Waals surface area contributed by atoms with Crippen LogP contribution in [0, 0.1) is 17.1 Å². The molecular formula is C30H26ClF3N6O3S. The van der Waals surface area contributed by atoms with Crippen LogP contribution in [0.15, 0.2) is 30.5 Å². The number of alkyl halides is 2. The van der Waals surface area contributed by atoms with E-state index in [1.807, 2.05) is 6.07 Å². The van der Waals surface area contributed by atoms with Crippen molar-refractivity contribution in [2.75, 3.05) is 37.4 Å². The molecule has 44 heavy (non-hydrogen) atoms. The number of nitrogens with one attached hydrogen (secondary N) is 1. The number of fused-ring (bicyclic) bond motifs is 4. The average molecular weight is 643 g/mol. The number of nitrogens with two attached hydrogens (primary N) is 1. The van der Waals surface area contributed by atoms with E-state index in [1.165, 1.54) is 22.9 Å². The number of hydroxylamine groups is 2. The molecule has 2 fully saturated rings. The van der Waals surface area contributed by atoms with Gasteiger partial charge in [-0.2, -0.15) is 9.65 Å². The molecule has 0 amide bonds. The first-order chi connectivity index (χ1) is 21.2. The number of aromatic nitrogens is 1. The summed E-state index contributed by atoms with van der Waals surface area (Å²) in [6, 6.07) is 8.14. The summed E-state index contributed by atoms with van der Waals surface area (Å²) < 4.78 is 59.9. The lowest BCUT2D eigenvalue weighted by Crippen LogP contribution is -2.43. The Morgan fingerprint density at radius 2 is 2.14 bits per heavy atom. The van der Waals surface area contributed by atoms with Gasteiger partial charge < -0.3 is 30.3 Å². The first kappa shape index (κ1) is 27.8. The van der Waals surface area contributed by atoms with E-state index in [-0.39, 0.29) is 61.7 Å². The zero-order chi connectivity index (χ0) is 30.5. The number of thiophene rings is 1. The van der Waals surface area contributed by atoms with Crippen molar-refractivity contribution in [3.8, 4) is 28.7 Å². The Bertz CT molecular complexity index is 1890. The first-order valence-electron chi connectivity index (χ1n) is 14.2. The third kappa shape index (κ3) is 3.88. The molecule has 2 aromatic carbocycles. The smallest absolute Gasteiger partial charge is 0.279 e. The number of ether oxygens (including phenoxy) is 2. The van der Waals surface area contributed by atoms with Crippen LogP contribution < -0.4 is 20.5 Å². The number of anilines is 2. The number of nitriles is 1. The summed E-state index contributed by atoms with van der Waals surface area (Å²) >= 11 is 7.70. The minimum Gasteiger partial charge on any atom is -0.488 e. The standard InChI is InChI=1S/C30H26ClF3N6O3S/c31-17-11-39-24(22(17)15-2-3-18(33)26-21(15)16(9-35)28(36)44-26)27(34)43-25-20(5-4-19-23(25)29(39)40(41)13-37-19)42-12-30-6-1-7-38(30)10-14(32)8-30/h2-5,11,14,27,29,37,41H,1,6-8,10,12-13,36H2/t14-,27?,29-,30+/m1/s1. The van der Waals surface area contributed by atoms with Gasteiger partial charge in [-0.15, -0.1) is 16.4 Å². The third-order valence-corrected chi connectivity index (χ3v) is 10.6. The number of hydrogen-bond acceptors (Lipinski definition) is 9. The van der Waals surface area contributed by atoms with E-state index in [9.17, 15) is 19.2 Å². The zero-order valence-corrected chi connectivity index (χ0v) is 24.7. The topological polar surface area (TPSA) is 112 Å². The molecule has 4 aliphatic heterocycles. The molecule has 2 aromatic heterocycles. The highest BCUT2D eigenvalue weighted by molar-refractivity contribution is 7.23. The Morgan fingerprint density at radius 1 is 1.30 bits per heavy atom.